The van der Waals surface area contributed by atoms with Gasteiger partial charge >= 0.3 is 0 Å². The van der Waals surface area contributed by atoms with Crippen LogP contribution in [0.3, 0.4) is 0 Å². The topological polar surface area (TPSA) is 28.7 Å². The molecule has 0 amide bonds. The lowest BCUT2D eigenvalue weighted by atomic mass is 10.0. The van der Waals surface area contributed by atoms with E-state index in [4.69, 9.17) is 5.26 Å². The smallest absolute Gasteiger partial charge is 0.123 e. The van der Waals surface area contributed by atoms with Gasteiger partial charge in [-0.2, -0.15) is 5.26 Å². The highest BCUT2D eigenvalue weighted by Crippen LogP contribution is 2.50. The summed E-state index contributed by atoms with van der Waals surface area (Å²) in [6, 6.07) is 9.05. The molecule has 86 valence electrons. The Morgan fingerprint density at radius 2 is 2.18 bits per heavy atom. The van der Waals surface area contributed by atoms with E-state index in [1.54, 1.807) is 6.07 Å². The SMILES string of the molecule is N#CCC1(Cn2ccc3cc(F)ccc32)CC1. The predicted octanol–water partition coefficient (Wildman–Crippen LogP) is 3.47. The van der Waals surface area contributed by atoms with Crippen LogP contribution in [-0.4, -0.2) is 4.57 Å². The van der Waals surface area contributed by atoms with Crippen LogP contribution in [0.5, 0.6) is 0 Å². The second-order valence-corrected chi connectivity index (χ2v) is 4.98. The lowest BCUT2D eigenvalue weighted by molar-refractivity contribution is 0.440. The van der Waals surface area contributed by atoms with Gasteiger partial charge in [-0.1, -0.05) is 0 Å². The summed E-state index contributed by atoms with van der Waals surface area (Å²) in [7, 11) is 0. The fourth-order valence-corrected chi connectivity index (χ4v) is 2.41. The van der Waals surface area contributed by atoms with Crippen molar-refractivity contribution in [2.45, 2.75) is 25.8 Å². The van der Waals surface area contributed by atoms with E-state index < -0.39 is 0 Å². The highest BCUT2D eigenvalue weighted by Gasteiger charge is 2.42. The van der Waals surface area contributed by atoms with Crippen molar-refractivity contribution in [1.82, 2.24) is 4.57 Å². The number of halogens is 1. The average molecular weight is 228 g/mol. The number of aromatic nitrogens is 1. The van der Waals surface area contributed by atoms with Gasteiger partial charge in [-0.3, -0.25) is 0 Å². The molecule has 0 N–H and O–H groups in total. The van der Waals surface area contributed by atoms with Gasteiger partial charge < -0.3 is 4.57 Å². The lowest BCUT2D eigenvalue weighted by Gasteiger charge is -2.13. The molecule has 0 radical (unpaired) electrons. The van der Waals surface area contributed by atoms with E-state index in [0.29, 0.717) is 6.42 Å². The van der Waals surface area contributed by atoms with Crippen molar-refractivity contribution in [3.05, 3.63) is 36.3 Å². The first-order valence-electron chi connectivity index (χ1n) is 5.84. The number of nitrogens with zero attached hydrogens (tertiary/aromatic N) is 2. The zero-order valence-electron chi connectivity index (χ0n) is 9.49. The predicted molar refractivity (Wildman–Crippen MR) is 63.8 cm³/mol. The first-order valence-corrected chi connectivity index (χ1v) is 5.84. The number of fused-ring (bicyclic) bond motifs is 1. The van der Waals surface area contributed by atoms with E-state index in [9.17, 15) is 4.39 Å². The number of hydrogen-bond donors (Lipinski definition) is 0. The van der Waals surface area contributed by atoms with Gasteiger partial charge in [0.15, 0.2) is 0 Å². The normalized spacial score (nSPS) is 16.9. The summed E-state index contributed by atoms with van der Waals surface area (Å²) >= 11 is 0. The van der Waals surface area contributed by atoms with Crippen LogP contribution in [0.15, 0.2) is 30.5 Å². The molecule has 2 aromatic rings. The largest absolute Gasteiger partial charge is 0.347 e. The summed E-state index contributed by atoms with van der Waals surface area (Å²) in [5, 5.41) is 9.74. The van der Waals surface area contributed by atoms with Crippen LogP contribution in [0.1, 0.15) is 19.3 Å². The molecule has 0 saturated heterocycles. The van der Waals surface area contributed by atoms with E-state index in [1.807, 2.05) is 18.3 Å². The van der Waals surface area contributed by atoms with Crippen molar-refractivity contribution in [1.29, 1.82) is 5.26 Å². The minimum atomic E-state index is -0.201. The molecule has 17 heavy (non-hydrogen) atoms. The van der Waals surface area contributed by atoms with E-state index >= 15 is 0 Å². The van der Waals surface area contributed by atoms with Crippen molar-refractivity contribution in [3.8, 4) is 6.07 Å². The first kappa shape index (κ1) is 10.3. The highest BCUT2D eigenvalue weighted by molar-refractivity contribution is 5.80. The van der Waals surface area contributed by atoms with Gasteiger partial charge in [-0.05, 0) is 37.1 Å². The molecule has 1 saturated carbocycles. The van der Waals surface area contributed by atoms with Crippen LogP contribution < -0.4 is 0 Å². The third-order valence-electron chi connectivity index (χ3n) is 3.65. The van der Waals surface area contributed by atoms with Gasteiger partial charge in [0.25, 0.3) is 0 Å². The molecule has 1 fully saturated rings. The maximum Gasteiger partial charge on any atom is 0.123 e. The van der Waals surface area contributed by atoms with Gasteiger partial charge in [-0.25, -0.2) is 4.39 Å². The van der Waals surface area contributed by atoms with E-state index in [0.717, 1.165) is 30.3 Å². The summed E-state index contributed by atoms with van der Waals surface area (Å²) in [5.74, 6) is -0.201. The second kappa shape index (κ2) is 3.59. The fraction of sp³-hybridized carbons (Fsp3) is 0.357. The van der Waals surface area contributed by atoms with Crippen molar-refractivity contribution in [2.24, 2.45) is 5.41 Å². The van der Waals surface area contributed by atoms with E-state index in [1.165, 1.54) is 6.07 Å². The Morgan fingerprint density at radius 1 is 1.35 bits per heavy atom. The molecule has 0 aliphatic heterocycles. The molecule has 1 aromatic heterocycles. The third kappa shape index (κ3) is 1.80. The van der Waals surface area contributed by atoms with E-state index in [2.05, 4.69) is 10.6 Å². The molecule has 0 unspecified atom stereocenters. The first-order chi connectivity index (χ1) is 8.22. The maximum absolute atomic E-state index is 13.1. The summed E-state index contributed by atoms with van der Waals surface area (Å²) < 4.78 is 15.2. The number of rotatable bonds is 3. The van der Waals surface area contributed by atoms with Crippen molar-refractivity contribution < 1.29 is 4.39 Å². The molecule has 1 heterocycles. The van der Waals surface area contributed by atoms with Gasteiger partial charge in [0, 0.05) is 35.5 Å². The van der Waals surface area contributed by atoms with Crippen LogP contribution in [0.25, 0.3) is 10.9 Å². The molecular weight excluding hydrogens is 215 g/mol. The number of nitriles is 1. The Bertz CT molecular complexity index is 602. The van der Waals surface area contributed by atoms with Gasteiger partial charge in [0.05, 0.1) is 6.07 Å². The summed E-state index contributed by atoms with van der Waals surface area (Å²) in [6.45, 7) is 0.871. The third-order valence-corrected chi connectivity index (χ3v) is 3.65. The summed E-state index contributed by atoms with van der Waals surface area (Å²) in [4.78, 5) is 0. The van der Waals surface area contributed by atoms with Crippen LogP contribution >= 0.6 is 0 Å². The summed E-state index contributed by atoms with van der Waals surface area (Å²) in [5.41, 5.74) is 1.23. The van der Waals surface area contributed by atoms with E-state index in [-0.39, 0.29) is 11.2 Å². The monoisotopic (exact) mass is 228 g/mol. The second-order valence-electron chi connectivity index (χ2n) is 4.98. The zero-order valence-corrected chi connectivity index (χ0v) is 9.49. The molecule has 0 bridgehead atoms. The van der Waals surface area contributed by atoms with Crippen molar-refractivity contribution in [2.75, 3.05) is 0 Å². The number of hydrogen-bond acceptors (Lipinski definition) is 1. The standard InChI is InChI=1S/C14H13FN2/c15-12-1-2-13-11(9-12)3-8-17(13)10-14(4-5-14)6-7-16/h1-3,8-9H,4-6,10H2. The van der Waals surface area contributed by atoms with Gasteiger partial charge in [0.1, 0.15) is 5.82 Å². The lowest BCUT2D eigenvalue weighted by Crippen LogP contribution is -2.10. The molecular formula is C14H13FN2. The van der Waals surface area contributed by atoms with Crippen molar-refractivity contribution >= 4 is 10.9 Å². The Hall–Kier alpha value is -1.82. The Balaban J connectivity index is 1.94. The Kier molecular flexibility index (Phi) is 2.19. The molecule has 0 atom stereocenters. The molecule has 0 spiro atoms. The molecule has 1 aliphatic carbocycles. The van der Waals surface area contributed by atoms with Crippen molar-refractivity contribution in [3.63, 3.8) is 0 Å². The maximum atomic E-state index is 13.1. The summed E-state index contributed by atoms with van der Waals surface area (Å²) in [6.07, 6.45) is 4.86. The van der Waals surface area contributed by atoms with Gasteiger partial charge in [0.2, 0.25) is 0 Å². The minimum Gasteiger partial charge on any atom is -0.347 e. The quantitative estimate of drug-likeness (QED) is 0.790. The molecule has 1 aliphatic rings. The Morgan fingerprint density at radius 3 is 2.88 bits per heavy atom. The highest BCUT2D eigenvalue weighted by atomic mass is 19.1. The Labute approximate surface area is 99.3 Å². The molecule has 3 heteroatoms. The molecule has 2 nitrogen and oxygen atoms in total. The fourth-order valence-electron chi connectivity index (χ4n) is 2.41. The van der Waals surface area contributed by atoms with Crippen LogP contribution in [0.4, 0.5) is 4.39 Å². The van der Waals surface area contributed by atoms with Crippen LogP contribution in [-0.2, 0) is 6.54 Å². The molecule has 1 aromatic carbocycles. The van der Waals surface area contributed by atoms with Crippen LogP contribution in [0.2, 0.25) is 0 Å². The minimum absolute atomic E-state index is 0.176. The van der Waals surface area contributed by atoms with Crippen LogP contribution in [0, 0.1) is 22.6 Å². The number of benzene rings is 1. The average Bonchev–Trinajstić information content (AvgIpc) is 2.94. The zero-order chi connectivity index (χ0) is 11.9. The molecule has 3 rings (SSSR count). The van der Waals surface area contributed by atoms with Gasteiger partial charge in [-0.15, -0.1) is 0 Å².